The van der Waals surface area contributed by atoms with Crippen LogP contribution in [0.4, 0.5) is 13.2 Å². The maximum Gasteiger partial charge on any atom is 0.416 e. The Labute approximate surface area is 188 Å². The van der Waals surface area contributed by atoms with Crippen molar-refractivity contribution in [1.82, 2.24) is 19.2 Å². The van der Waals surface area contributed by atoms with Crippen LogP contribution in [0, 0.1) is 0 Å². The minimum Gasteiger partial charge on any atom is -0.271 e. The van der Waals surface area contributed by atoms with Gasteiger partial charge in [-0.2, -0.15) is 13.2 Å². The molecule has 0 aliphatic heterocycles. The number of fused-ring (bicyclic) bond motifs is 3. The zero-order chi connectivity index (χ0) is 22.3. The Balaban J connectivity index is 1.55. The Morgan fingerprint density at radius 2 is 1.75 bits per heavy atom. The van der Waals surface area contributed by atoms with E-state index in [1.165, 1.54) is 29.2 Å². The average Bonchev–Trinajstić information content (AvgIpc) is 3.43. The van der Waals surface area contributed by atoms with E-state index < -0.39 is 11.7 Å². The first-order valence-corrected chi connectivity index (χ1v) is 11.5. The highest BCUT2D eigenvalue weighted by atomic mass is 32.2. The molecule has 0 bridgehead atoms. The van der Waals surface area contributed by atoms with Crippen LogP contribution in [0.3, 0.4) is 0 Å². The molecule has 5 rings (SSSR count). The van der Waals surface area contributed by atoms with Crippen molar-refractivity contribution in [2.45, 2.75) is 23.6 Å². The third-order valence-electron chi connectivity index (χ3n) is 4.99. The molecule has 32 heavy (non-hydrogen) atoms. The molecule has 10 heteroatoms. The number of hydrogen-bond donors (Lipinski definition) is 0. The fourth-order valence-electron chi connectivity index (χ4n) is 3.49. The molecular formula is C22H15F3N4OS2. The molecular weight excluding hydrogens is 457 g/mol. The van der Waals surface area contributed by atoms with Gasteiger partial charge >= 0.3 is 6.18 Å². The van der Waals surface area contributed by atoms with Crippen molar-refractivity contribution >= 4 is 39.1 Å². The Morgan fingerprint density at radius 1 is 0.969 bits per heavy atom. The van der Waals surface area contributed by atoms with E-state index in [1.54, 1.807) is 15.0 Å². The number of nitrogens with zero attached hydrogens (tertiary/aromatic N) is 4. The van der Waals surface area contributed by atoms with Crippen molar-refractivity contribution < 1.29 is 13.2 Å². The number of thiophene rings is 1. The van der Waals surface area contributed by atoms with Crippen LogP contribution in [0.2, 0.25) is 0 Å². The predicted octanol–water partition coefficient (Wildman–Crippen LogP) is 5.47. The summed E-state index contributed by atoms with van der Waals surface area (Å²) < 4.78 is 43.0. The molecule has 0 fully saturated rings. The fraction of sp³-hybridized carbons (Fsp3) is 0.136. The third kappa shape index (κ3) is 3.80. The quantitative estimate of drug-likeness (QED) is 0.319. The van der Waals surface area contributed by atoms with Gasteiger partial charge in [-0.15, -0.1) is 21.5 Å². The van der Waals surface area contributed by atoms with Crippen molar-refractivity contribution in [1.29, 1.82) is 0 Å². The van der Waals surface area contributed by atoms with Gasteiger partial charge in [0.25, 0.3) is 5.56 Å². The Hall–Kier alpha value is -3.11. The van der Waals surface area contributed by atoms with Crippen LogP contribution in [0.15, 0.2) is 76.0 Å². The lowest BCUT2D eigenvalue weighted by Gasteiger charge is -2.10. The summed E-state index contributed by atoms with van der Waals surface area (Å²) in [5.41, 5.74) is 1.34. The summed E-state index contributed by atoms with van der Waals surface area (Å²) >= 11 is 2.62. The van der Waals surface area contributed by atoms with Crippen molar-refractivity contribution in [3.63, 3.8) is 0 Å². The van der Waals surface area contributed by atoms with Crippen LogP contribution in [-0.2, 0) is 18.5 Å². The molecule has 5 aromatic rings. The summed E-state index contributed by atoms with van der Waals surface area (Å²) in [5, 5.41) is 10.9. The molecule has 0 atom stereocenters. The van der Waals surface area contributed by atoms with Crippen molar-refractivity contribution in [3.8, 4) is 0 Å². The van der Waals surface area contributed by atoms with E-state index in [2.05, 4.69) is 10.2 Å². The lowest BCUT2D eigenvalue weighted by atomic mass is 10.1. The molecule has 0 radical (unpaired) electrons. The summed E-state index contributed by atoms with van der Waals surface area (Å²) in [5.74, 6) is 0.685. The molecule has 162 valence electrons. The highest BCUT2D eigenvalue weighted by Crippen LogP contribution is 2.31. The average molecular weight is 473 g/mol. The van der Waals surface area contributed by atoms with Gasteiger partial charge < -0.3 is 0 Å². The maximum atomic E-state index is 13.1. The molecule has 0 N–H and O–H groups in total. The predicted molar refractivity (Wildman–Crippen MR) is 119 cm³/mol. The van der Waals surface area contributed by atoms with E-state index in [1.807, 2.05) is 41.8 Å². The SMILES string of the molecule is O=c1c2sccc2n2c(SCc3cccc(C(F)(F)F)c3)nnc2n1Cc1ccccc1. The van der Waals surface area contributed by atoms with Crippen LogP contribution in [0.5, 0.6) is 0 Å². The summed E-state index contributed by atoms with van der Waals surface area (Å²) in [6, 6.07) is 16.7. The number of hydrogen-bond acceptors (Lipinski definition) is 5. The zero-order valence-electron chi connectivity index (χ0n) is 16.4. The molecule has 3 aromatic heterocycles. The number of halogens is 3. The Bertz CT molecular complexity index is 1470. The maximum absolute atomic E-state index is 13.1. The molecule has 0 spiro atoms. The van der Waals surface area contributed by atoms with Crippen molar-refractivity contribution in [3.05, 3.63) is 93.1 Å². The molecule has 0 saturated carbocycles. The van der Waals surface area contributed by atoms with Crippen LogP contribution in [0.25, 0.3) is 16.0 Å². The summed E-state index contributed by atoms with van der Waals surface area (Å²) in [7, 11) is 0. The summed E-state index contributed by atoms with van der Waals surface area (Å²) in [4.78, 5) is 13.1. The summed E-state index contributed by atoms with van der Waals surface area (Å²) in [6.45, 7) is 0.341. The lowest BCUT2D eigenvalue weighted by molar-refractivity contribution is -0.137. The van der Waals surface area contributed by atoms with E-state index in [4.69, 9.17) is 0 Å². The topological polar surface area (TPSA) is 52.2 Å². The van der Waals surface area contributed by atoms with E-state index >= 15 is 0 Å². The molecule has 0 aliphatic rings. The highest BCUT2D eigenvalue weighted by molar-refractivity contribution is 7.98. The van der Waals surface area contributed by atoms with Crippen LogP contribution < -0.4 is 5.56 Å². The van der Waals surface area contributed by atoms with Gasteiger partial charge in [0, 0.05) is 5.75 Å². The van der Waals surface area contributed by atoms with Crippen LogP contribution >= 0.6 is 23.1 Å². The van der Waals surface area contributed by atoms with Gasteiger partial charge in [0.1, 0.15) is 4.70 Å². The molecule has 5 nitrogen and oxygen atoms in total. The number of aromatic nitrogens is 4. The second-order valence-corrected chi connectivity index (χ2v) is 8.98. The smallest absolute Gasteiger partial charge is 0.271 e. The fourth-order valence-corrected chi connectivity index (χ4v) is 5.19. The molecule has 0 amide bonds. The molecule has 0 unspecified atom stereocenters. The minimum atomic E-state index is -4.39. The number of alkyl halides is 3. The van der Waals surface area contributed by atoms with Gasteiger partial charge in [-0.25, -0.2) is 0 Å². The van der Waals surface area contributed by atoms with Gasteiger partial charge in [-0.3, -0.25) is 13.8 Å². The Kier molecular flexibility index (Phi) is 5.26. The first-order valence-electron chi connectivity index (χ1n) is 9.60. The summed E-state index contributed by atoms with van der Waals surface area (Å²) in [6.07, 6.45) is -4.39. The monoisotopic (exact) mass is 472 g/mol. The second kappa shape index (κ2) is 8.10. The second-order valence-electron chi connectivity index (χ2n) is 7.12. The van der Waals surface area contributed by atoms with E-state index in [9.17, 15) is 18.0 Å². The van der Waals surface area contributed by atoms with Gasteiger partial charge in [-0.1, -0.05) is 60.3 Å². The van der Waals surface area contributed by atoms with Crippen LogP contribution in [-0.4, -0.2) is 19.2 Å². The first kappa shape index (κ1) is 20.8. The van der Waals surface area contributed by atoms with Gasteiger partial charge in [-0.05, 0) is 28.6 Å². The zero-order valence-corrected chi connectivity index (χ0v) is 18.0. The van der Waals surface area contributed by atoms with E-state index in [0.29, 0.717) is 33.3 Å². The standard InChI is InChI=1S/C22H15F3N4OS2/c23-22(24,25)16-8-4-7-15(11-16)13-32-21-27-26-20-28(12-14-5-2-1-3-6-14)19(30)18-17(29(20)21)9-10-31-18/h1-11H,12-13H2. The van der Waals surface area contributed by atoms with E-state index in [-0.39, 0.29) is 11.3 Å². The Morgan fingerprint density at radius 3 is 2.53 bits per heavy atom. The number of thioether (sulfide) groups is 1. The van der Waals surface area contributed by atoms with Crippen LogP contribution in [0.1, 0.15) is 16.7 Å². The van der Waals surface area contributed by atoms with Gasteiger partial charge in [0.15, 0.2) is 5.16 Å². The number of rotatable bonds is 5. The third-order valence-corrected chi connectivity index (χ3v) is 6.88. The number of benzene rings is 2. The molecule has 0 aliphatic carbocycles. The minimum absolute atomic E-state index is 0.145. The highest BCUT2D eigenvalue weighted by Gasteiger charge is 2.30. The van der Waals surface area contributed by atoms with Crippen molar-refractivity contribution in [2.24, 2.45) is 0 Å². The molecule has 2 aromatic carbocycles. The molecule has 3 heterocycles. The lowest BCUT2D eigenvalue weighted by Crippen LogP contribution is -2.23. The van der Waals surface area contributed by atoms with Crippen molar-refractivity contribution in [2.75, 3.05) is 0 Å². The van der Waals surface area contributed by atoms with Gasteiger partial charge in [0.2, 0.25) is 5.78 Å². The normalized spacial score (nSPS) is 12.1. The first-order chi connectivity index (χ1) is 15.4. The largest absolute Gasteiger partial charge is 0.416 e. The molecule has 0 saturated heterocycles. The van der Waals surface area contributed by atoms with Gasteiger partial charge in [0.05, 0.1) is 17.6 Å². The van der Waals surface area contributed by atoms with E-state index in [0.717, 1.165) is 17.7 Å².